The molecule has 0 bridgehead atoms. The lowest BCUT2D eigenvalue weighted by Gasteiger charge is -2.11. The first kappa shape index (κ1) is 17.3. The van der Waals surface area contributed by atoms with E-state index >= 15 is 0 Å². The van der Waals surface area contributed by atoms with Gasteiger partial charge in [0.05, 0.1) is 12.4 Å². The smallest absolute Gasteiger partial charge is 0.414 e. The lowest BCUT2D eigenvalue weighted by Crippen LogP contribution is -2.17. The van der Waals surface area contributed by atoms with Crippen LogP contribution in [0.3, 0.4) is 0 Å². The van der Waals surface area contributed by atoms with Crippen molar-refractivity contribution in [3.8, 4) is 5.75 Å². The van der Waals surface area contributed by atoms with Crippen LogP contribution < -0.4 is 8.43 Å². The molecular formula is C14H23BrMgO. The second-order valence-electron chi connectivity index (χ2n) is 4.27. The number of rotatable bonds is 8. The van der Waals surface area contributed by atoms with Gasteiger partial charge in [-0.25, -0.2) is 0 Å². The van der Waals surface area contributed by atoms with E-state index in [1.165, 1.54) is 27.5 Å². The molecule has 0 aliphatic carbocycles. The molecule has 0 aromatic heterocycles. The summed E-state index contributed by atoms with van der Waals surface area (Å²) in [4.78, 5) is 0. The molecule has 94 valence electrons. The van der Waals surface area contributed by atoms with Gasteiger partial charge in [-0.3, -0.25) is 0 Å². The maximum atomic E-state index is 5.84. The fraction of sp³-hybridized carbons (Fsp3) is 0.571. The standard InChI is InChI=1S/C10H13O.C4H9.BrH.Mg/c1-2-3-9-11-10-7-5-4-6-8-10;1-3-4-2;;/h4-7H,2-3,9H2,1H3;1,3-4H2,2H3;1H;. The summed E-state index contributed by atoms with van der Waals surface area (Å²) in [5.41, 5.74) is 0. The van der Waals surface area contributed by atoms with E-state index in [1.54, 1.807) is 0 Å². The summed E-state index contributed by atoms with van der Waals surface area (Å²) in [5, 5.41) is 0. The highest BCUT2D eigenvalue weighted by molar-refractivity contribution is 8.93. The topological polar surface area (TPSA) is 9.23 Å². The van der Waals surface area contributed by atoms with Gasteiger partial charge in [-0.15, -0.1) is 25.2 Å². The molecule has 0 unspecified atom stereocenters. The van der Waals surface area contributed by atoms with E-state index in [9.17, 15) is 0 Å². The summed E-state index contributed by atoms with van der Waals surface area (Å²) in [6.07, 6.45) is 5.04. The molecule has 0 spiro atoms. The number of hydrogen-bond acceptors (Lipinski definition) is 1. The van der Waals surface area contributed by atoms with Crippen LogP contribution >= 0.6 is 17.0 Å². The maximum absolute atomic E-state index is 5.84. The zero-order chi connectivity index (χ0) is 11.6. The van der Waals surface area contributed by atoms with Gasteiger partial charge in [0, 0.05) is 0 Å². The second-order valence-corrected chi connectivity index (χ2v) is 6.24. The van der Waals surface area contributed by atoms with E-state index in [4.69, 9.17) is 4.74 Å². The van der Waals surface area contributed by atoms with E-state index in [0.717, 1.165) is 18.8 Å². The monoisotopic (exact) mass is 310 g/mol. The molecule has 1 rings (SSSR count). The molecule has 0 N–H and O–H groups in total. The van der Waals surface area contributed by atoms with Crippen molar-refractivity contribution in [3.05, 3.63) is 24.3 Å². The first-order chi connectivity index (χ1) is 7.88. The van der Waals surface area contributed by atoms with Crippen molar-refractivity contribution in [1.82, 2.24) is 0 Å². The zero-order valence-electron chi connectivity index (χ0n) is 11.1. The molecule has 0 radical (unpaired) electrons. The van der Waals surface area contributed by atoms with E-state index < -0.39 is 0 Å². The summed E-state index contributed by atoms with van der Waals surface area (Å²) in [7, 11) is 0. The molecule has 0 amide bonds. The predicted octanol–water partition coefficient (Wildman–Crippen LogP) is 3.99. The van der Waals surface area contributed by atoms with Crippen molar-refractivity contribution in [2.75, 3.05) is 6.61 Å². The molecule has 1 nitrogen and oxygen atoms in total. The van der Waals surface area contributed by atoms with Gasteiger partial charge in [0.2, 0.25) is 0 Å². The minimum absolute atomic E-state index is 0. The van der Waals surface area contributed by atoms with Gasteiger partial charge in [0.25, 0.3) is 0 Å². The van der Waals surface area contributed by atoms with Crippen LogP contribution in [0.4, 0.5) is 0 Å². The van der Waals surface area contributed by atoms with Crippen LogP contribution in [0.25, 0.3) is 0 Å². The summed E-state index contributed by atoms with van der Waals surface area (Å²) >= 11 is -0.111. The fourth-order valence-electron chi connectivity index (χ4n) is 1.74. The van der Waals surface area contributed by atoms with Crippen LogP contribution in [0.2, 0.25) is 4.55 Å². The third-order valence-electron chi connectivity index (χ3n) is 2.78. The van der Waals surface area contributed by atoms with Crippen LogP contribution in [0.5, 0.6) is 5.75 Å². The number of benzene rings is 1. The number of hydrogen-bond donors (Lipinski definition) is 0. The van der Waals surface area contributed by atoms with Gasteiger partial charge in [0.1, 0.15) is 0 Å². The molecule has 0 heterocycles. The molecule has 0 aliphatic heterocycles. The van der Waals surface area contributed by atoms with E-state index in [2.05, 4.69) is 38.1 Å². The molecule has 0 fully saturated rings. The van der Waals surface area contributed by atoms with Crippen LogP contribution in [0.1, 0.15) is 39.5 Å². The van der Waals surface area contributed by atoms with Crippen LogP contribution in [0.15, 0.2) is 24.3 Å². The van der Waals surface area contributed by atoms with Crippen LogP contribution in [-0.2, 0) is 0 Å². The van der Waals surface area contributed by atoms with Crippen molar-refractivity contribution in [2.45, 2.75) is 44.1 Å². The summed E-state index contributed by atoms with van der Waals surface area (Å²) in [6, 6.07) is 8.60. The zero-order valence-corrected chi connectivity index (χ0v) is 14.2. The van der Waals surface area contributed by atoms with Crippen molar-refractivity contribution in [1.29, 1.82) is 0 Å². The first-order valence-electron chi connectivity index (χ1n) is 6.59. The maximum Gasteiger partial charge on any atom is 0.414 e. The van der Waals surface area contributed by atoms with Gasteiger partial charge >= 0.3 is 20.4 Å². The Kier molecular flexibility index (Phi) is 11.5. The highest BCUT2D eigenvalue weighted by Gasteiger charge is 2.05. The Hall–Kier alpha value is 0.266. The Bertz CT molecular complexity index is 262. The number of halogens is 1. The number of ether oxygens (including phenoxy) is 1. The fourth-order valence-corrected chi connectivity index (χ4v) is 3.64. The summed E-state index contributed by atoms with van der Waals surface area (Å²) < 4.78 is 8.76. The molecule has 0 saturated heterocycles. The average molecular weight is 312 g/mol. The van der Waals surface area contributed by atoms with E-state index in [0.29, 0.717) is 0 Å². The van der Waals surface area contributed by atoms with Crippen molar-refractivity contribution < 1.29 is 4.74 Å². The third kappa shape index (κ3) is 7.32. The molecule has 3 heteroatoms. The van der Waals surface area contributed by atoms with Gasteiger partial charge < -0.3 is 4.74 Å². The lowest BCUT2D eigenvalue weighted by molar-refractivity contribution is 0.312. The normalized spacial score (nSPS) is 9.29. The Labute approximate surface area is 126 Å². The first-order valence-corrected chi connectivity index (χ1v) is 8.30. The van der Waals surface area contributed by atoms with E-state index in [-0.39, 0.29) is 37.3 Å². The molecule has 1 aromatic rings. The highest BCUT2D eigenvalue weighted by atomic mass is 79.9. The number of unbranched alkanes of at least 4 members (excludes halogenated alkanes) is 2. The van der Waals surface area contributed by atoms with Gasteiger partial charge in [-0.2, -0.15) is 0 Å². The van der Waals surface area contributed by atoms with Crippen LogP contribution in [-0.4, -0.2) is 27.0 Å². The second kappa shape index (κ2) is 11.4. The molecule has 0 atom stereocenters. The number of para-hydroxylation sites is 1. The Morgan fingerprint density at radius 2 is 1.76 bits per heavy atom. The Morgan fingerprint density at radius 1 is 1.06 bits per heavy atom. The minimum atomic E-state index is -0.111. The van der Waals surface area contributed by atoms with Crippen molar-refractivity contribution >= 4 is 41.0 Å². The van der Waals surface area contributed by atoms with Crippen molar-refractivity contribution in [3.63, 3.8) is 0 Å². The van der Waals surface area contributed by atoms with Crippen molar-refractivity contribution in [2.24, 2.45) is 0 Å². The molecular weight excluding hydrogens is 288 g/mol. The van der Waals surface area contributed by atoms with E-state index in [1.807, 2.05) is 0 Å². The SMILES string of the molecule is Br.CCCCOc1cccc[c]1[Mg][CH2]CCC. The molecule has 17 heavy (non-hydrogen) atoms. The Morgan fingerprint density at radius 3 is 2.47 bits per heavy atom. The molecule has 0 saturated carbocycles. The summed E-state index contributed by atoms with van der Waals surface area (Å²) in [5.74, 6) is 1.15. The lowest BCUT2D eigenvalue weighted by atomic mass is 10.3. The van der Waals surface area contributed by atoms with Gasteiger partial charge in [-0.1, -0.05) is 51.3 Å². The molecule has 1 aromatic carbocycles. The van der Waals surface area contributed by atoms with Gasteiger partial charge in [-0.05, 0) is 12.5 Å². The molecule has 0 aliphatic rings. The van der Waals surface area contributed by atoms with Crippen LogP contribution in [0, 0.1) is 0 Å². The minimum Gasteiger partial charge on any atom is -0.496 e. The third-order valence-corrected chi connectivity index (χ3v) is 4.75. The average Bonchev–Trinajstić information content (AvgIpc) is 2.32. The Balaban J connectivity index is 0.00000256. The summed E-state index contributed by atoms with van der Waals surface area (Å²) in [6.45, 7) is 5.33. The largest absolute Gasteiger partial charge is 0.496 e. The van der Waals surface area contributed by atoms with Gasteiger partial charge in [0.15, 0.2) is 0 Å². The predicted molar refractivity (Wildman–Crippen MR) is 82.3 cm³/mol. The quantitative estimate of drug-likeness (QED) is 0.521. The highest BCUT2D eigenvalue weighted by Crippen LogP contribution is 2.08.